The van der Waals surface area contributed by atoms with E-state index < -0.39 is 0 Å². The largest absolute Gasteiger partial charge is 0.469 e. The van der Waals surface area contributed by atoms with Crippen LogP contribution >= 0.6 is 0 Å². The molecule has 1 fully saturated rings. The highest BCUT2D eigenvalue weighted by Crippen LogP contribution is 2.20. The number of rotatable bonds is 2. The van der Waals surface area contributed by atoms with Gasteiger partial charge in [0.05, 0.1) is 12.9 Å². The zero-order valence-electron chi connectivity index (χ0n) is 8.75. The number of hydrogen-bond donors (Lipinski definition) is 1. The minimum absolute atomic E-state index is 0.106. The van der Waals surface area contributed by atoms with Crippen LogP contribution in [0.1, 0.15) is 19.6 Å². The van der Waals surface area contributed by atoms with Gasteiger partial charge in [-0.05, 0) is 12.1 Å². The Labute approximate surface area is 84.4 Å². The second kappa shape index (κ2) is 3.75. The normalized spacial score (nSPS) is 26.3. The molecule has 1 aliphatic heterocycles. The van der Waals surface area contributed by atoms with Gasteiger partial charge in [-0.3, -0.25) is 5.32 Å². The van der Waals surface area contributed by atoms with E-state index in [-0.39, 0.29) is 11.6 Å². The first kappa shape index (κ1) is 9.74. The molecule has 1 atom stereocenters. The van der Waals surface area contributed by atoms with Crippen LogP contribution in [-0.4, -0.2) is 19.4 Å². The van der Waals surface area contributed by atoms with Crippen molar-refractivity contribution < 1.29 is 9.15 Å². The van der Waals surface area contributed by atoms with Crippen molar-refractivity contribution >= 4 is 0 Å². The summed E-state index contributed by atoms with van der Waals surface area (Å²) < 4.78 is 11.0. The number of furan rings is 1. The van der Waals surface area contributed by atoms with E-state index in [1.54, 1.807) is 6.26 Å². The summed E-state index contributed by atoms with van der Waals surface area (Å²) in [4.78, 5) is 0. The van der Waals surface area contributed by atoms with E-state index >= 15 is 0 Å². The maximum atomic E-state index is 5.70. The smallest absolute Gasteiger partial charge is 0.115 e. The number of ether oxygens (including phenoxy) is 1. The molecule has 3 nitrogen and oxygen atoms in total. The van der Waals surface area contributed by atoms with E-state index in [1.807, 2.05) is 12.1 Å². The summed E-state index contributed by atoms with van der Waals surface area (Å²) in [5.74, 6) is 0.974. The Kier molecular flexibility index (Phi) is 2.61. The lowest BCUT2D eigenvalue weighted by Gasteiger charge is -2.35. The van der Waals surface area contributed by atoms with Crippen molar-refractivity contribution in [1.29, 1.82) is 0 Å². The molecule has 1 aromatic heterocycles. The summed E-state index contributed by atoms with van der Waals surface area (Å²) in [6.07, 6.45) is 2.61. The SMILES string of the molecule is CC1(C)CNC(Cc2ccco2)OC1. The first-order valence-corrected chi connectivity index (χ1v) is 5.03. The fourth-order valence-corrected chi connectivity index (χ4v) is 1.57. The maximum absolute atomic E-state index is 5.70. The molecule has 1 aromatic rings. The van der Waals surface area contributed by atoms with Crippen LogP contribution in [0.25, 0.3) is 0 Å². The lowest BCUT2D eigenvalue weighted by molar-refractivity contribution is -0.0584. The minimum Gasteiger partial charge on any atom is -0.469 e. The van der Waals surface area contributed by atoms with Crippen molar-refractivity contribution in [2.75, 3.05) is 13.2 Å². The highest BCUT2D eigenvalue weighted by atomic mass is 16.5. The lowest BCUT2D eigenvalue weighted by atomic mass is 9.93. The molecular formula is C11H17NO2. The molecule has 2 rings (SSSR count). The van der Waals surface area contributed by atoms with E-state index in [4.69, 9.17) is 9.15 Å². The molecule has 0 aromatic carbocycles. The molecule has 1 N–H and O–H groups in total. The second-order valence-corrected chi connectivity index (χ2v) is 4.63. The third-order valence-corrected chi connectivity index (χ3v) is 2.45. The van der Waals surface area contributed by atoms with Gasteiger partial charge in [-0.1, -0.05) is 13.8 Å². The van der Waals surface area contributed by atoms with Crippen LogP contribution < -0.4 is 5.32 Å². The van der Waals surface area contributed by atoms with Gasteiger partial charge >= 0.3 is 0 Å². The van der Waals surface area contributed by atoms with E-state index in [2.05, 4.69) is 19.2 Å². The molecule has 0 radical (unpaired) electrons. The van der Waals surface area contributed by atoms with Crippen LogP contribution in [0.2, 0.25) is 0 Å². The van der Waals surface area contributed by atoms with Crippen molar-refractivity contribution in [2.45, 2.75) is 26.5 Å². The Morgan fingerprint density at radius 2 is 2.43 bits per heavy atom. The van der Waals surface area contributed by atoms with E-state index in [0.717, 1.165) is 25.3 Å². The molecule has 78 valence electrons. The molecule has 0 bridgehead atoms. The third-order valence-electron chi connectivity index (χ3n) is 2.45. The summed E-state index contributed by atoms with van der Waals surface area (Å²) in [5.41, 5.74) is 0.250. The van der Waals surface area contributed by atoms with Crippen LogP contribution in [0.5, 0.6) is 0 Å². The van der Waals surface area contributed by atoms with Crippen molar-refractivity contribution in [3.8, 4) is 0 Å². The molecule has 1 unspecified atom stereocenters. The first-order chi connectivity index (χ1) is 6.66. The standard InChI is InChI=1S/C11H17NO2/c1-11(2)7-12-10(14-8-11)6-9-4-3-5-13-9/h3-5,10,12H,6-8H2,1-2H3. The van der Waals surface area contributed by atoms with Crippen LogP contribution in [0.15, 0.2) is 22.8 Å². The van der Waals surface area contributed by atoms with Crippen molar-refractivity contribution in [1.82, 2.24) is 5.32 Å². The van der Waals surface area contributed by atoms with Gasteiger partial charge in [0, 0.05) is 18.4 Å². The minimum atomic E-state index is 0.106. The van der Waals surface area contributed by atoms with Gasteiger partial charge in [0.25, 0.3) is 0 Å². The van der Waals surface area contributed by atoms with Crippen LogP contribution in [-0.2, 0) is 11.2 Å². The number of hydrogen-bond acceptors (Lipinski definition) is 3. The second-order valence-electron chi connectivity index (χ2n) is 4.63. The van der Waals surface area contributed by atoms with E-state index in [9.17, 15) is 0 Å². The van der Waals surface area contributed by atoms with Gasteiger partial charge in [0.2, 0.25) is 0 Å². The van der Waals surface area contributed by atoms with Crippen molar-refractivity contribution in [2.24, 2.45) is 5.41 Å². The van der Waals surface area contributed by atoms with Gasteiger partial charge in [-0.25, -0.2) is 0 Å². The molecule has 1 aliphatic rings. The first-order valence-electron chi connectivity index (χ1n) is 5.03. The molecule has 1 saturated heterocycles. The van der Waals surface area contributed by atoms with E-state index in [1.165, 1.54) is 0 Å². The summed E-state index contributed by atoms with van der Waals surface area (Å²) in [6.45, 7) is 6.20. The van der Waals surface area contributed by atoms with Gasteiger partial charge in [0.1, 0.15) is 12.0 Å². The molecule has 2 heterocycles. The van der Waals surface area contributed by atoms with Crippen LogP contribution in [0.3, 0.4) is 0 Å². The molecule has 0 spiro atoms. The van der Waals surface area contributed by atoms with Gasteiger partial charge in [-0.2, -0.15) is 0 Å². The van der Waals surface area contributed by atoms with E-state index in [0.29, 0.717) is 0 Å². The molecule has 14 heavy (non-hydrogen) atoms. The fourth-order valence-electron chi connectivity index (χ4n) is 1.57. The molecule has 0 saturated carbocycles. The quantitative estimate of drug-likeness (QED) is 0.781. The van der Waals surface area contributed by atoms with Gasteiger partial charge in [-0.15, -0.1) is 0 Å². The molecule has 0 aliphatic carbocycles. The Bertz CT molecular complexity index is 269. The van der Waals surface area contributed by atoms with Gasteiger partial charge < -0.3 is 9.15 Å². The predicted octanol–water partition coefficient (Wildman–Crippen LogP) is 1.79. The van der Waals surface area contributed by atoms with Crippen LogP contribution in [0.4, 0.5) is 0 Å². The highest BCUT2D eigenvalue weighted by molar-refractivity contribution is 4.99. The average molecular weight is 195 g/mol. The Balaban J connectivity index is 1.85. The molecule has 3 heteroatoms. The third kappa shape index (κ3) is 2.36. The van der Waals surface area contributed by atoms with Crippen LogP contribution in [0, 0.1) is 5.41 Å². The molecule has 0 amide bonds. The Morgan fingerprint density at radius 1 is 1.57 bits per heavy atom. The predicted molar refractivity (Wildman–Crippen MR) is 53.9 cm³/mol. The Hall–Kier alpha value is -0.800. The van der Waals surface area contributed by atoms with Gasteiger partial charge in [0.15, 0.2) is 0 Å². The number of nitrogens with one attached hydrogen (secondary N) is 1. The average Bonchev–Trinajstić information content (AvgIpc) is 2.61. The fraction of sp³-hybridized carbons (Fsp3) is 0.636. The maximum Gasteiger partial charge on any atom is 0.115 e. The van der Waals surface area contributed by atoms with Crippen molar-refractivity contribution in [3.63, 3.8) is 0 Å². The summed E-state index contributed by atoms with van der Waals surface area (Å²) in [5, 5.41) is 3.37. The monoisotopic (exact) mass is 195 g/mol. The highest BCUT2D eigenvalue weighted by Gasteiger charge is 2.27. The molecular weight excluding hydrogens is 178 g/mol. The zero-order valence-corrected chi connectivity index (χ0v) is 8.75. The van der Waals surface area contributed by atoms with Crippen molar-refractivity contribution in [3.05, 3.63) is 24.2 Å². The topological polar surface area (TPSA) is 34.4 Å². The summed E-state index contributed by atoms with van der Waals surface area (Å²) >= 11 is 0. The Morgan fingerprint density at radius 3 is 3.00 bits per heavy atom. The lowest BCUT2D eigenvalue weighted by Crippen LogP contribution is -2.48. The summed E-state index contributed by atoms with van der Waals surface area (Å²) in [7, 11) is 0. The zero-order chi connectivity index (χ0) is 10.0. The summed E-state index contributed by atoms with van der Waals surface area (Å²) in [6, 6.07) is 3.88.